The van der Waals surface area contributed by atoms with Crippen molar-refractivity contribution >= 4 is 18.1 Å². The van der Waals surface area contributed by atoms with Crippen molar-refractivity contribution < 1.29 is 13.9 Å². The highest BCUT2D eigenvalue weighted by molar-refractivity contribution is 6.30. The monoisotopic (exact) mass is 161 g/mol. The standard InChI is InChI=1S/C5H4ClNO3/c1-3-7-5(9-2-8)4(6)10-3/h2H,1H3. The minimum atomic E-state index is -0.00963. The van der Waals surface area contributed by atoms with Gasteiger partial charge in [-0.2, -0.15) is 4.98 Å². The van der Waals surface area contributed by atoms with Crippen LogP contribution in [0.3, 0.4) is 0 Å². The van der Waals surface area contributed by atoms with Gasteiger partial charge >= 0.3 is 0 Å². The molecule has 54 valence electrons. The Bertz CT molecular complexity index is 245. The normalized spacial score (nSPS) is 9.40. The lowest BCUT2D eigenvalue weighted by molar-refractivity contribution is -0.120. The van der Waals surface area contributed by atoms with Crippen LogP contribution in [0.2, 0.25) is 5.22 Å². The van der Waals surface area contributed by atoms with Crippen LogP contribution in [0.4, 0.5) is 0 Å². The Labute approximate surface area is 61.8 Å². The van der Waals surface area contributed by atoms with Crippen LogP contribution in [-0.2, 0) is 4.79 Å². The molecule has 0 aliphatic carbocycles. The van der Waals surface area contributed by atoms with E-state index in [1.165, 1.54) is 0 Å². The maximum atomic E-state index is 9.77. The van der Waals surface area contributed by atoms with Gasteiger partial charge in [0.05, 0.1) is 0 Å². The number of carbonyl (C=O) groups excluding carboxylic acids is 1. The summed E-state index contributed by atoms with van der Waals surface area (Å²) in [5.41, 5.74) is 0. The molecule has 0 spiro atoms. The highest BCUT2D eigenvalue weighted by Crippen LogP contribution is 2.23. The van der Waals surface area contributed by atoms with E-state index >= 15 is 0 Å². The average molecular weight is 162 g/mol. The number of carbonyl (C=O) groups is 1. The molecule has 0 fully saturated rings. The van der Waals surface area contributed by atoms with Crippen LogP contribution in [0.1, 0.15) is 5.89 Å². The van der Waals surface area contributed by atoms with E-state index in [0.717, 1.165) is 0 Å². The van der Waals surface area contributed by atoms with Crippen molar-refractivity contribution in [3.8, 4) is 5.88 Å². The van der Waals surface area contributed by atoms with Gasteiger partial charge in [0.2, 0.25) is 0 Å². The van der Waals surface area contributed by atoms with Crippen LogP contribution in [-0.4, -0.2) is 11.5 Å². The molecule has 0 saturated carbocycles. The smallest absolute Gasteiger partial charge is 0.299 e. The second-order valence-corrected chi connectivity index (χ2v) is 1.87. The van der Waals surface area contributed by atoms with Crippen molar-refractivity contribution in [1.82, 2.24) is 4.98 Å². The molecule has 0 atom stereocenters. The van der Waals surface area contributed by atoms with Gasteiger partial charge in [-0.3, -0.25) is 4.79 Å². The Morgan fingerprint density at radius 1 is 1.80 bits per heavy atom. The maximum Gasteiger partial charge on any atom is 0.299 e. The maximum absolute atomic E-state index is 9.77. The van der Waals surface area contributed by atoms with Gasteiger partial charge in [0.15, 0.2) is 5.89 Å². The average Bonchev–Trinajstić information content (AvgIpc) is 2.13. The third-order valence-electron chi connectivity index (χ3n) is 0.824. The van der Waals surface area contributed by atoms with Gasteiger partial charge < -0.3 is 9.15 Å². The number of ether oxygens (including phenoxy) is 1. The van der Waals surface area contributed by atoms with Crippen molar-refractivity contribution in [1.29, 1.82) is 0 Å². The first-order valence-electron chi connectivity index (χ1n) is 2.47. The van der Waals surface area contributed by atoms with Crippen molar-refractivity contribution in [2.75, 3.05) is 0 Å². The molecule has 0 aliphatic heterocycles. The van der Waals surface area contributed by atoms with Gasteiger partial charge in [-0.25, -0.2) is 0 Å². The topological polar surface area (TPSA) is 52.3 Å². The molecule has 1 rings (SSSR count). The minimum absolute atomic E-state index is 0.00849. The second kappa shape index (κ2) is 2.70. The molecular formula is C5H4ClNO3. The SMILES string of the molecule is Cc1nc(OC=O)c(Cl)o1. The third-order valence-corrected chi connectivity index (χ3v) is 1.06. The fourth-order valence-corrected chi connectivity index (χ4v) is 0.700. The zero-order valence-corrected chi connectivity index (χ0v) is 5.88. The molecule has 0 N–H and O–H groups in total. The predicted octanol–water partition coefficient (Wildman–Crippen LogP) is 1.17. The van der Waals surface area contributed by atoms with E-state index in [1.807, 2.05) is 0 Å². The van der Waals surface area contributed by atoms with Gasteiger partial charge in [0.1, 0.15) is 0 Å². The highest BCUT2D eigenvalue weighted by Gasteiger charge is 2.08. The lowest BCUT2D eigenvalue weighted by atomic mass is 10.8. The van der Waals surface area contributed by atoms with Crippen molar-refractivity contribution in [3.05, 3.63) is 11.1 Å². The fourth-order valence-electron chi connectivity index (χ4n) is 0.501. The minimum Gasteiger partial charge on any atom is -0.425 e. The van der Waals surface area contributed by atoms with Gasteiger partial charge in [0, 0.05) is 6.92 Å². The largest absolute Gasteiger partial charge is 0.425 e. The van der Waals surface area contributed by atoms with Crippen LogP contribution in [0.5, 0.6) is 5.88 Å². The van der Waals surface area contributed by atoms with E-state index in [9.17, 15) is 4.79 Å². The summed E-state index contributed by atoms with van der Waals surface area (Å²) in [6.45, 7) is 1.84. The summed E-state index contributed by atoms with van der Waals surface area (Å²) in [4.78, 5) is 13.4. The van der Waals surface area contributed by atoms with Crippen LogP contribution in [0.15, 0.2) is 4.42 Å². The molecule has 1 heterocycles. The van der Waals surface area contributed by atoms with Gasteiger partial charge in [0.25, 0.3) is 17.6 Å². The van der Waals surface area contributed by atoms with E-state index in [0.29, 0.717) is 5.89 Å². The zero-order chi connectivity index (χ0) is 7.56. The molecule has 0 aliphatic rings. The first kappa shape index (κ1) is 7.08. The van der Waals surface area contributed by atoms with Gasteiger partial charge in [-0.1, -0.05) is 0 Å². The van der Waals surface area contributed by atoms with Crippen LogP contribution < -0.4 is 4.74 Å². The molecule has 4 nitrogen and oxygen atoms in total. The molecule has 0 amide bonds. The molecule has 10 heavy (non-hydrogen) atoms. The molecule has 0 saturated heterocycles. The summed E-state index contributed by atoms with van der Waals surface area (Å²) in [7, 11) is 0. The summed E-state index contributed by atoms with van der Waals surface area (Å²) >= 11 is 5.41. The summed E-state index contributed by atoms with van der Waals surface area (Å²) in [6, 6.07) is 0. The van der Waals surface area contributed by atoms with Crippen molar-refractivity contribution in [3.63, 3.8) is 0 Å². The highest BCUT2D eigenvalue weighted by atomic mass is 35.5. The number of aromatic nitrogens is 1. The Kier molecular flexibility index (Phi) is 1.91. The predicted molar refractivity (Wildman–Crippen MR) is 32.9 cm³/mol. The number of halogens is 1. The lowest BCUT2D eigenvalue weighted by Gasteiger charge is -1.85. The van der Waals surface area contributed by atoms with Crippen LogP contribution in [0.25, 0.3) is 0 Å². The molecule has 1 aromatic rings. The van der Waals surface area contributed by atoms with Crippen molar-refractivity contribution in [2.45, 2.75) is 6.92 Å². The summed E-state index contributed by atoms with van der Waals surface area (Å²) in [5, 5.41) is -0.00963. The first-order valence-corrected chi connectivity index (χ1v) is 2.85. The van der Waals surface area contributed by atoms with Crippen molar-refractivity contribution in [2.24, 2.45) is 0 Å². The van der Waals surface area contributed by atoms with E-state index in [1.54, 1.807) is 6.92 Å². The second-order valence-electron chi connectivity index (χ2n) is 1.53. The van der Waals surface area contributed by atoms with Gasteiger partial charge in [-0.05, 0) is 11.6 Å². The number of hydrogen-bond acceptors (Lipinski definition) is 4. The number of aryl methyl sites for hydroxylation is 1. The first-order chi connectivity index (χ1) is 4.74. The molecular weight excluding hydrogens is 158 g/mol. The Balaban J connectivity index is 2.91. The van der Waals surface area contributed by atoms with Crippen LogP contribution >= 0.6 is 11.6 Å². The Morgan fingerprint density at radius 3 is 2.90 bits per heavy atom. The van der Waals surface area contributed by atoms with E-state index < -0.39 is 0 Å². The van der Waals surface area contributed by atoms with E-state index in [-0.39, 0.29) is 17.6 Å². The molecule has 0 radical (unpaired) electrons. The summed E-state index contributed by atoms with van der Waals surface area (Å²) < 4.78 is 9.08. The zero-order valence-electron chi connectivity index (χ0n) is 5.13. The van der Waals surface area contributed by atoms with E-state index in [2.05, 4.69) is 9.72 Å². The number of rotatable bonds is 2. The quantitative estimate of drug-likeness (QED) is 0.611. The molecule has 1 aromatic heterocycles. The summed E-state index contributed by atoms with van der Waals surface area (Å²) in [6.07, 6.45) is 0. The van der Waals surface area contributed by atoms with E-state index in [4.69, 9.17) is 16.0 Å². The molecule has 0 aromatic carbocycles. The summed E-state index contributed by atoms with van der Waals surface area (Å²) in [5.74, 6) is 0.371. The number of hydrogen-bond donors (Lipinski definition) is 0. The third kappa shape index (κ3) is 1.27. The lowest BCUT2D eigenvalue weighted by Crippen LogP contribution is -1.88. The van der Waals surface area contributed by atoms with Gasteiger partial charge in [-0.15, -0.1) is 0 Å². The Hall–Kier alpha value is -1.03. The number of nitrogens with zero attached hydrogens (tertiary/aromatic N) is 1. The Morgan fingerprint density at radius 2 is 2.50 bits per heavy atom. The fraction of sp³-hybridized carbons (Fsp3) is 0.200. The van der Waals surface area contributed by atoms with Crippen LogP contribution in [0, 0.1) is 6.92 Å². The molecule has 0 unspecified atom stereocenters. The molecule has 0 bridgehead atoms. The molecule has 5 heteroatoms. The number of oxazole rings is 1.